The van der Waals surface area contributed by atoms with Gasteiger partial charge in [-0.15, -0.1) is 0 Å². The Morgan fingerprint density at radius 2 is 1.89 bits per heavy atom. The molecule has 0 bridgehead atoms. The van der Waals surface area contributed by atoms with E-state index in [-0.39, 0.29) is 0 Å². The van der Waals surface area contributed by atoms with Crippen LogP contribution in [0, 0.1) is 3.57 Å². The molecule has 1 aromatic carbocycles. The largest absolute Gasteiger partial charge is 0.390 e. The Morgan fingerprint density at radius 3 is 2.47 bits per heavy atom. The molecule has 1 aliphatic rings. The average molecular weight is 371 g/mol. The predicted octanol–water partition coefficient (Wildman–Crippen LogP) is 3.54. The van der Waals surface area contributed by atoms with Crippen molar-refractivity contribution < 1.29 is 5.11 Å². The van der Waals surface area contributed by atoms with Crippen molar-refractivity contribution in [2.45, 2.75) is 32.3 Å². The lowest BCUT2D eigenvalue weighted by molar-refractivity contribution is -0.00297. The molecule has 104 valence electrons. The van der Waals surface area contributed by atoms with E-state index in [2.05, 4.69) is 64.8 Å². The smallest absolute Gasteiger partial charge is 0.0644 e. The fraction of sp³-hybridized carbons (Fsp3) is 0.500. The first-order valence-corrected chi connectivity index (χ1v) is 7.90. The van der Waals surface area contributed by atoms with E-state index in [0.717, 1.165) is 32.5 Å². The minimum Gasteiger partial charge on any atom is -0.390 e. The van der Waals surface area contributed by atoms with E-state index < -0.39 is 5.60 Å². The van der Waals surface area contributed by atoms with Gasteiger partial charge in [-0.1, -0.05) is 23.8 Å². The van der Waals surface area contributed by atoms with Gasteiger partial charge in [0.05, 0.1) is 5.60 Å². The van der Waals surface area contributed by atoms with Crippen molar-refractivity contribution in [3.63, 3.8) is 0 Å². The molecule has 0 saturated carbocycles. The quantitative estimate of drug-likeness (QED) is 0.822. The zero-order chi connectivity index (χ0) is 13.9. The second-order valence-corrected chi connectivity index (χ2v) is 7.06. The van der Waals surface area contributed by atoms with Crippen LogP contribution in [-0.4, -0.2) is 35.2 Å². The molecule has 0 amide bonds. The Morgan fingerprint density at radius 1 is 1.32 bits per heavy atom. The first-order chi connectivity index (χ1) is 8.94. The number of hydrogen-bond acceptors (Lipinski definition) is 2. The molecule has 2 rings (SSSR count). The topological polar surface area (TPSA) is 23.5 Å². The molecule has 1 N–H and O–H groups in total. The Labute approximate surface area is 129 Å². The Kier molecular flexibility index (Phi) is 5.03. The van der Waals surface area contributed by atoms with Crippen LogP contribution in [0.25, 0.3) is 6.08 Å². The van der Waals surface area contributed by atoms with Gasteiger partial charge in [-0.3, -0.25) is 4.90 Å². The molecule has 2 nitrogen and oxygen atoms in total. The molecule has 0 unspecified atom stereocenters. The van der Waals surface area contributed by atoms with Crippen LogP contribution in [0.5, 0.6) is 0 Å². The molecule has 19 heavy (non-hydrogen) atoms. The van der Waals surface area contributed by atoms with Gasteiger partial charge < -0.3 is 5.11 Å². The molecular weight excluding hydrogens is 349 g/mol. The highest BCUT2D eigenvalue weighted by Crippen LogP contribution is 2.22. The third kappa shape index (κ3) is 4.89. The van der Waals surface area contributed by atoms with Crippen molar-refractivity contribution >= 4 is 28.7 Å². The second kappa shape index (κ2) is 6.37. The molecule has 3 heteroatoms. The van der Waals surface area contributed by atoms with E-state index >= 15 is 0 Å². The van der Waals surface area contributed by atoms with E-state index in [9.17, 15) is 5.11 Å². The first kappa shape index (κ1) is 15.0. The Hall–Kier alpha value is -0.390. The minimum atomic E-state index is -0.454. The molecule has 0 aromatic heterocycles. The third-order valence-corrected chi connectivity index (χ3v) is 4.41. The summed E-state index contributed by atoms with van der Waals surface area (Å²) >= 11 is 2.33. The maximum Gasteiger partial charge on any atom is 0.0644 e. The van der Waals surface area contributed by atoms with Crippen LogP contribution in [0.1, 0.15) is 32.3 Å². The van der Waals surface area contributed by atoms with Crippen molar-refractivity contribution in [2.24, 2.45) is 0 Å². The monoisotopic (exact) mass is 371 g/mol. The van der Waals surface area contributed by atoms with Gasteiger partial charge in [-0.05, 0) is 67.0 Å². The van der Waals surface area contributed by atoms with Crippen molar-refractivity contribution in [2.75, 3.05) is 19.6 Å². The van der Waals surface area contributed by atoms with Crippen LogP contribution in [0.4, 0.5) is 0 Å². The zero-order valence-electron chi connectivity index (χ0n) is 11.7. The van der Waals surface area contributed by atoms with E-state index in [4.69, 9.17) is 0 Å². The molecule has 0 spiro atoms. The number of benzene rings is 1. The van der Waals surface area contributed by atoms with Crippen LogP contribution in [0.2, 0.25) is 0 Å². The van der Waals surface area contributed by atoms with Gasteiger partial charge >= 0.3 is 0 Å². The Balaban J connectivity index is 1.90. The van der Waals surface area contributed by atoms with Crippen LogP contribution in [0.3, 0.4) is 0 Å². The van der Waals surface area contributed by atoms with Crippen LogP contribution in [-0.2, 0) is 0 Å². The molecule has 1 fully saturated rings. The van der Waals surface area contributed by atoms with Crippen molar-refractivity contribution in [1.82, 2.24) is 4.90 Å². The van der Waals surface area contributed by atoms with Crippen LogP contribution >= 0.6 is 22.6 Å². The summed E-state index contributed by atoms with van der Waals surface area (Å²) in [5.41, 5.74) is 2.19. The molecule has 0 atom stereocenters. The SMILES string of the molecule is CC(=Cc1ccc(I)cc1)CN1CCC(C)(O)CC1. The molecule has 1 aromatic rings. The highest BCUT2D eigenvalue weighted by molar-refractivity contribution is 14.1. The fourth-order valence-corrected chi connectivity index (χ4v) is 2.79. The lowest BCUT2D eigenvalue weighted by atomic mass is 9.93. The van der Waals surface area contributed by atoms with Gasteiger partial charge in [0.15, 0.2) is 0 Å². The van der Waals surface area contributed by atoms with Crippen molar-refractivity contribution in [1.29, 1.82) is 0 Å². The summed E-state index contributed by atoms with van der Waals surface area (Å²) in [6.07, 6.45) is 4.01. The van der Waals surface area contributed by atoms with E-state index in [1.165, 1.54) is 14.7 Å². The lowest BCUT2D eigenvalue weighted by Gasteiger charge is -2.35. The first-order valence-electron chi connectivity index (χ1n) is 6.82. The molecular formula is C16H22INO. The summed E-state index contributed by atoms with van der Waals surface area (Å²) in [6, 6.07) is 8.59. The predicted molar refractivity (Wildman–Crippen MR) is 89.1 cm³/mol. The maximum absolute atomic E-state index is 9.95. The second-order valence-electron chi connectivity index (χ2n) is 5.82. The van der Waals surface area contributed by atoms with Crippen LogP contribution in [0.15, 0.2) is 29.8 Å². The van der Waals surface area contributed by atoms with Crippen LogP contribution < -0.4 is 0 Å². The van der Waals surface area contributed by atoms with Crippen molar-refractivity contribution in [3.8, 4) is 0 Å². The van der Waals surface area contributed by atoms with Gasteiger partial charge in [0, 0.05) is 23.2 Å². The van der Waals surface area contributed by atoms with E-state index in [1.54, 1.807) is 0 Å². The normalized spacial score (nSPS) is 20.5. The number of rotatable bonds is 3. The number of hydrogen-bond donors (Lipinski definition) is 1. The molecule has 1 heterocycles. The standard InChI is InChI=1S/C16H22INO/c1-13(11-14-3-5-15(17)6-4-14)12-18-9-7-16(2,19)8-10-18/h3-6,11,19H,7-10,12H2,1-2H3. The fourth-order valence-electron chi connectivity index (χ4n) is 2.43. The Bertz CT molecular complexity index is 440. The number of nitrogens with zero attached hydrogens (tertiary/aromatic N) is 1. The number of piperidine rings is 1. The number of halogens is 1. The van der Waals surface area contributed by atoms with E-state index in [1.807, 2.05) is 6.92 Å². The van der Waals surface area contributed by atoms with E-state index in [0.29, 0.717) is 0 Å². The van der Waals surface area contributed by atoms with Crippen molar-refractivity contribution in [3.05, 3.63) is 39.0 Å². The van der Waals surface area contributed by atoms with Gasteiger partial charge in [0.2, 0.25) is 0 Å². The highest BCUT2D eigenvalue weighted by Gasteiger charge is 2.26. The molecule has 1 saturated heterocycles. The summed E-state index contributed by atoms with van der Waals surface area (Å²) in [6.45, 7) is 7.11. The summed E-state index contributed by atoms with van der Waals surface area (Å²) in [5.74, 6) is 0. The van der Waals surface area contributed by atoms with Gasteiger partial charge in [-0.2, -0.15) is 0 Å². The highest BCUT2D eigenvalue weighted by atomic mass is 127. The van der Waals surface area contributed by atoms with Gasteiger partial charge in [0.25, 0.3) is 0 Å². The molecule has 0 aliphatic carbocycles. The summed E-state index contributed by atoms with van der Waals surface area (Å²) < 4.78 is 1.27. The molecule has 0 radical (unpaired) electrons. The summed E-state index contributed by atoms with van der Waals surface area (Å²) in [4.78, 5) is 2.43. The zero-order valence-corrected chi connectivity index (χ0v) is 13.9. The average Bonchev–Trinajstić information content (AvgIpc) is 2.35. The molecule has 1 aliphatic heterocycles. The minimum absolute atomic E-state index is 0.454. The third-order valence-electron chi connectivity index (χ3n) is 3.69. The van der Waals surface area contributed by atoms with Gasteiger partial charge in [0.1, 0.15) is 0 Å². The maximum atomic E-state index is 9.95. The number of aliphatic hydroxyl groups is 1. The summed E-state index contributed by atoms with van der Waals surface area (Å²) in [7, 11) is 0. The summed E-state index contributed by atoms with van der Waals surface area (Å²) in [5, 5.41) is 9.95. The van der Waals surface area contributed by atoms with Gasteiger partial charge in [-0.25, -0.2) is 0 Å². The lowest BCUT2D eigenvalue weighted by Crippen LogP contribution is -2.42. The number of likely N-dealkylation sites (tertiary alicyclic amines) is 1.